The molecule has 3 heteroatoms. The highest BCUT2D eigenvalue weighted by molar-refractivity contribution is 5.72. The highest BCUT2D eigenvalue weighted by Gasteiger charge is 2.33. The Hall–Kier alpha value is -0.570. The van der Waals surface area contributed by atoms with Gasteiger partial charge in [0.1, 0.15) is 12.2 Å². The lowest BCUT2D eigenvalue weighted by Gasteiger charge is -2.08. The van der Waals surface area contributed by atoms with E-state index in [0.717, 1.165) is 0 Å². The number of aliphatic hydroxyl groups is 1. The van der Waals surface area contributed by atoms with Gasteiger partial charge in [0.15, 0.2) is 0 Å². The molecule has 0 radical (unpaired) electrons. The molecular weight excluding hydrogens is 108 g/mol. The Morgan fingerprint density at radius 3 is 2.88 bits per heavy atom. The maximum absolute atomic E-state index is 10.4. The summed E-state index contributed by atoms with van der Waals surface area (Å²) in [5, 5.41) is 9.10. The van der Waals surface area contributed by atoms with Crippen LogP contribution in [0, 0.1) is 0 Å². The standard InChI is InChI=1S/C5H8O3/c1-5(7)2-4(6)8-3-5/h7H,2-3H2,1H3/t5-/m0/s1/i2D/t2?,5-. The Balaban J connectivity index is 2.73. The molecule has 1 heterocycles. The molecule has 0 aromatic rings. The monoisotopic (exact) mass is 117 g/mol. The van der Waals surface area contributed by atoms with Crippen molar-refractivity contribution >= 4 is 5.97 Å². The third-order valence-corrected chi connectivity index (χ3v) is 0.935. The molecule has 1 fully saturated rings. The van der Waals surface area contributed by atoms with E-state index in [0.29, 0.717) is 0 Å². The fourth-order valence-electron chi connectivity index (χ4n) is 0.554. The molecule has 0 aliphatic carbocycles. The summed E-state index contributed by atoms with van der Waals surface area (Å²) in [6.07, 6.45) is -1.13. The summed E-state index contributed by atoms with van der Waals surface area (Å²) in [4.78, 5) is 10.4. The SMILES string of the molecule is [2H]C1C(=O)OC[C@@]1(C)O. The molecule has 46 valence electrons. The molecule has 0 aromatic heterocycles. The van der Waals surface area contributed by atoms with Gasteiger partial charge in [-0.25, -0.2) is 0 Å². The van der Waals surface area contributed by atoms with E-state index in [-0.39, 0.29) is 6.61 Å². The van der Waals surface area contributed by atoms with Gasteiger partial charge in [-0.15, -0.1) is 0 Å². The molecule has 0 spiro atoms. The molecule has 1 rings (SSSR count). The van der Waals surface area contributed by atoms with E-state index >= 15 is 0 Å². The second kappa shape index (κ2) is 1.45. The number of esters is 1. The van der Waals surface area contributed by atoms with Crippen molar-refractivity contribution in [3.63, 3.8) is 0 Å². The Kier molecular flexibility index (Phi) is 0.784. The van der Waals surface area contributed by atoms with Gasteiger partial charge in [-0.3, -0.25) is 4.79 Å². The van der Waals surface area contributed by atoms with Crippen molar-refractivity contribution in [2.24, 2.45) is 0 Å². The van der Waals surface area contributed by atoms with Crippen molar-refractivity contribution in [3.05, 3.63) is 0 Å². The molecular formula is C5H8O3. The summed E-state index contributed by atoms with van der Waals surface area (Å²) in [6.45, 7) is 1.36. The fraction of sp³-hybridized carbons (Fsp3) is 0.800. The molecule has 0 aromatic carbocycles. The third kappa shape index (κ3) is 0.980. The number of carbonyl (C=O) groups is 1. The first-order valence-electron chi connectivity index (χ1n) is 2.93. The molecule has 1 aliphatic rings. The van der Waals surface area contributed by atoms with Gasteiger partial charge in [0, 0.05) is 1.37 Å². The maximum Gasteiger partial charge on any atom is 0.308 e. The smallest absolute Gasteiger partial charge is 0.308 e. The molecule has 8 heavy (non-hydrogen) atoms. The molecule has 2 atom stereocenters. The maximum atomic E-state index is 10.4. The van der Waals surface area contributed by atoms with E-state index in [1.54, 1.807) is 0 Å². The number of cyclic esters (lactones) is 1. The summed E-state index contributed by atoms with van der Waals surface area (Å²) in [5.41, 5.74) is -1.28. The van der Waals surface area contributed by atoms with Gasteiger partial charge in [-0.1, -0.05) is 0 Å². The van der Waals surface area contributed by atoms with Crippen LogP contribution in [-0.2, 0) is 9.53 Å². The van der Waals surface area contributed by atoms with Crippen molar-refractivity contribution in [3.8, 4) is 0 Å². The van der Waals surface area contributed by atoms with Gasteiger partial charge in [0.2, 0.25) is 0 Å². The van der Waals surface area contributed by atoms with Crippen LogP contribution in [-0.4, -0.2) is 23.3 Å². The molecule has 1 N–H and O–H groups in total. The minimum atomic E-state index is -1.28. The average Bonchev–Trinajstić information content (AvgIpc) is 1.97. The van der Waals surface area contributed by atoms with E-state index in [1.165, 1.54) is 6.92 Å². The zero-order valence-corrected chi connectivity index (χ0v) is 4.55. The van der Waals surface area contributed by atoms with Crippen molar-refractivity contribution in [2.45, 2.75) is 18.9 Å². The van der Waals surface area contributed by atoms with Crippen LogP contribution in [0.2, 0.25) is 0 Å². The first-order chi connectivity index (χ1) is 4.04. The number of carbonyl (C=O) groups excluding carboxylic acids is 1. The molecule has 0 bridgehead atoms. The van der Waals surface area contributed by atoms with Gasteiger partial charge in [0.05, 0.1) is 6.40 Å². The van der Waals surface area contributed by atoms with E-state index in [1.807, 2.05) is 0 Å². The third-order valence-electron chi connectivity index (χ3n) is 0.935. The van der Waals surface area contributed by atoms with Crippen molar-refractivity contribution in [2.75, 3.05) is 6.61 Å². The molecule has 1 saturated heterocycles. The second-order valence-corrected chi connectivity index (χ2v) is 2.11. The Morgan fingerprint density at radius 2 is 2.75 bits per heavy atom. The molecule has 1 unspecified atom stereocenters. The minimum Gasteiger partial charge on any atom is -0.463 e. The van der Waals surface area contributed by atoms with E-state index < -0.39 is 18.0 Å². The van der Waals surface area contributed by atoms with Gasteiger partial charge in [-0.05, 0) is 6.92 Å². The second-order valence-electron chi connectivity index (χ2n) is 2.11. The molecule has 1 aliphatic heterocycles. The van der Waals surface area contributed by atoms with Crippen molar-refractivity contribution in [1.82, 2.24) is 0 Å². The number of ether oxygens (including phenoxy) is 1. The summed E-state index contributed by atoms with van der Waals surface area (Å²) in [5.74, 6) is -0.639. The fourth-order valence-corrected chi connectivity index (χ4v) is 0.554. The zero-order valence-electron chi connectivity index (χ0n) is 5.55. The highest BCUT2D eigenvalue weighted by Crippen LogP contribution is 2.17. The Morgan fingerprint density at radius 1 is 2.12 bits per heavy atom. The Bertz CT molecular complexity index is 143. The Labute approximate surface area is 48.7 Å². The summed E-state index contributed by atoms with van der Waals surface area (Å²) >= 11 is 0. The van der Waals surface area contributed by atoms with Crippen LogP contribution < -0.4 is 0 Å². The largest absolute Gasteiger partial charge is 0.463 e. The van der Waals surface area contributed by atoms with Crippen molar-refractivity contribution < 1.29 is 16.0 Å². The van der Waals surface area contributed by atoms with Crippen LogP contribution in [0.15, 0.2) is 0 Å². The predicted octanol–water partition coefficient (Wildman–Crippen LogP) is -0.316. The molecule has 0 amide bonds. The van der Waals surface area contributed by atoms with Crippen LogP contribution in [0.5, 0.6) is 0 Å². The van der Waals surface area contributed by atoms with E-state index in [4.69, 9.17) is 6.48 Å². The molecule has 3 nitrogen and oxygen atoms in total. The quantitative estimate of drug-likeness (QED) is 0.442. The topological polar surface area (TPSA) is 46.5 Å². The van der Waals surface area contributed by atoms with Gasteiger partial charge >= 0.3 is 5.97 Å². The van der Waals surface area contributed by atoms with Crippen LogP contribution in [0.3, 0.4) is 0 Å². The zero-order chi connectivity index (χ0) is 7.07. The summed E-state index contributed by atoms with van der Waals surface area (Å²) in [7, 11) is 0. The lowest BCUT2D eigenvalue weighted by Crippen LogP contribution is -2.23. The van der Waals surface area contributed by atoms with Crippen LogP contribution >= 0.6 is 0 Å². The highest BCUT2D eigenvalue weighted by atomic mass is 16.6. The summed E-state index contributed by atoms with van der Waals surface area (Å²) in [6, 6.07) is 0. The number of hydrogen-bond donors (Lipinski definition) is 1. The minimum absolute atomic E-state index is 0.0556. The van der Waals surface area contributed by atoms with Crippen LogP contribution in [0.25, 0.3) is 0 Å². The number of rotatable bonds is 0. The van der Waals surface area contributed by atoms with Crippen molar-refractivity contribution in [1.29, 1.82) is 0 Å². The summed E-state index contributed by atoms with van der Waals surface area (Å²) < 4.78 is 11.4. The lowest BCUT2D eigenvalue weighted by atomic mass is 10.1. The van der Waals surface area contributed by atoms with E-state index in [9.17, 15) is 4.79 Å². The van der Waals surface area contributed by atoms with Gasteiger partial charge in [-0.2, -0.15) is 0 Å². The van der Waals surface area contributed by atoms with Crippen LogP contribution in [0.4, 0.5) is 0 Å². The lowest BCUT2D eigenvalue weighted by molar-refractivity contribution is -0.137. The predicted molar refractivity (Wildman–Crippen MR) is 26.2 cm³/mol. The number of hydrogen-bond acceptors (Lipinski definition) is 3. The first-order valence-corrected chi connectivity index (χ1v) is 2.35. The normalized spacial score (nSPS) is 48.5. The first kappa shape index (κ1) is 4.32. The van der Waals surface area contributed by atoms with Gasteiger partial charge in [0.25, 0.3) is 0 Å². The molecule has 0 saturated carbocycles. The van der Waals surface area contributed by atoms with Gasteiger partial charge < -0.3 is 9.84 Å². The van der Waals surface area contributed by atoms with E-state index in [2.05, 4.69) is 4.74 Å². The van der Waals surface area contributed by atoms with Crippen LogP contribution in [0.1, 0.15) is 14.7 Å². The average molecular weight is 117 g/mol.